The van der Waals surface area contributed by atoms with E-state index in [0.717, 1.165) is 16.9 Å². The zero-order valence-corrected chi connectivity index (χ0v) is 17.1. The van der Waals surface area contributed by atoms with Crippen LogP contribution in [0.1, 0.15) is 25.3 Å². The van der Waals surface area contributed by atoms with Crippen molar-refractivity contribution in [2.45, 2.75) is 33.4 Å². The Morgan fingerprint density at radius 1 is 1.10 bits per heavy atom. The van der Waals surface area contributed by atoms with Crippen molar-refractivity contribution in [3.05, 3.63) is 60.0 Å². The van der Waals surface area contributed by atoms with Crippen molar-refractivity contribution < 1.29 is 18.8 Å². The van der Waals surface area contributed by atoms with Gasteiger partial charge < -0.3 is 18.9 Å². The predicted molar refractivity (Wildman–Crippen MR) is 109 cm³/mol. The molecule has 3 aromatic rings. The Hall–Kier alpha value is -3.35. The van der Waals surface area contributed by atoms with E-state index in [9.17, 15) is 4.79 Å². The van der Waals surface area contributed by atoms with E-state index in [2.05, 4.69) is 10.1 Å². The van der Waals surface area contributed by atoms with Gasteiger partial charge in [0.2, 0.25) is 11.7 Å². The van der Waals surface area contributed by atoms with Crippen LogP contribution in [0, 0.1) is 6.92 Å². The molecule has 7 nitrogen and oxygen atoms in total. The molecule has 1 aromatic heterocycles. The third kappa shape index (κ3) is 5.13. The summed E-state index contributed by atoms with van der Waals surface area (Å²) >= 11 is 0. The maximum Gasteiger partial charge on any atom is 0.263 e. The minimum absolute atomic E-state index is 0.154. The summed E-state index contributed by atoms with van der Waals surface area (Å²) in [6.45, 7) is 6.36. The first-order chi connectivity index (χ1) is 14.0. The van der Waals surface area contributed by atoms with E-state index in [-0.39, 0.29) is 12.5 Å². The van der Waals surface area contributed by atoms with Crippen LogP contribution in [-0.4, -0.2) is 40.7 Å². The zero-order valence-electron chi connectivity index (χ0n) is 17.1. The van der Waals surface area contributed by atoms with E-state index >= 15 is 0 Å². The zero-order chi connectivity index (χ0) is 20.8. The number of aromatic nitrogens is 2. The van der Waals surface area contributed by atoms with Crippen molar-refractivity contribution in [2.24, 2.45) is 0 Å². The van der Waals surface area contributed by atoms with Gasteiger partial charge in [0.25, 0.3) is 5.91 Å². The lowest BCUT2D eigenvalue weighted by Crippen LogP contribution is -2.40. The largest absolute Gasteiger partial charge is 0.497 e. The SMILES string of the molecule is CCN(Cc1nc(-c2ccc(C)cc2)no1)C(=O)[C@@H](C)Oc1ccc(OC)cc1. The van der Waals surface area contributed by atoms with Crippen molar-refractivity contribution >= 4 is 5.91 Å². The molecule has 0 spiro atoms. The minimum atomic E-state index is -0.650. The fourth-order valence-corrected chi connectivity index (χ4v) is 2.81. The van der Waals surface area contributed by atoms with Crippen LogP contribution in [0.15, 0.2) is 53.1 Å². The minimum Gasteiger partial charge on any atom is -0.497 e. The second kappa shape index (κ2) is 9.23. The highest BCUT2D eigenvalue weighted by atomic mass is 16.5. The summed E-state index contributed by atoms with van der Waals surface area (Å²) in [7, 11) is 1.60. The van der Waals surface area contributed by atoms with Gasteiger partial charge in [0, 0.05) is 12.1 Å². The summed E-state index contributed by atoms with van der Waals surface area (Å²) in [5.74, 6) is 2.06. The molecule has 3 rings (SSSR count). The van der Waals surface area contributed by atoms with E-state index in [1.807, 2.05) is 38.1 Å². The van der Waals surface area contributed by atoms with Crippen LogP contribution >= 0.6 is 0 Å². The normalized spacial score (nSPS) is 11.7. The molecule has 1 amide bonds. The molecule has 7 heteroatoms. The summed E-state index contributed by atoms with van der Waals surface area (Å²) < 4.78 is 16.2. The summed E-state index contributed by atoms with van der Waals surface area (Å²) in [6.07, 6.45) is -0.650. The number of methoxy groups -OCH3 is 1. The second-order valence-corrected chi connectivity index (χ2v) is 6.67. The molecule has 0 bridgehead atoms. The van der Waals surface area contributed by atoms with Crippen LogP contribution in [0.5, 0.6) is 11.5 Å². The van der Waals surface area contributed by atoms with Gasteiger partial charge in [0.05, 0.1) is 7.11 Å². The summed E-state index contributed by atoms with van der Waals surface area (Å²) in [5.41, 5.74) is 2.03. The highest BCUT2D eigenvalue weighted by Gasteiger charge is 2.23. The fourth-order valence-electron chi connectivity index (χ4n) is 2.81. The summed E-state index contributed by atoms with van der Waals surface area (Å²) in [4.78, 5) is 18.8. The van der Waals surface area contributed by atoms with Crippen LogP contribution in [0.2, 0.25) is 0 Å². The van der Waals surface area contributed by atoms with Gasteiger partial charge in [-0.25, -0.2) is 0 Å². The first-order valence-corrected chi connectivity index (χ1v) is 9.49. The van der Waals surface area contributed by atoms with E-state index in [1.165, 1.54) is 0 Å². The molecular formula is C22H25N3O4. The number of hydrogen-bond donors (Lipinski definition) is 0. The summed E-state index contributed by atoms with van der Waals surface area (Å²) in [6, 6.07) is 15.0. The Bertz CT molecular complexity index is 935. The highest BCUT2D eigenvalue weighted by Crippen LogP contribution is 2.20. The third-order valence-corrected chi connectivity index (χ3v) is 4.52. The maximum atomic E-state index is 12.8. The molecule has 2 aromatic carbocycles. The molecule has 1 heterocycles. The van der Waals surface area contributed by atoms with Gasteiger partial charge in [0.1, 0.15) is 18.0 Å². The average Bonchev–Trinajstić information content (AvgIpc) is 3.21. The molecule has 152 valence electrons. The standard InChI is InChI=1S/C22H25N3O4/c1-5-25(22(26)16(3)28-19-12-10-18(27-4)11-13-19)14-20-23-21(24-29-20)17-8-6-15(2)7-9-17/h6-13,16H,5,14H2,1-4H3/t16-/m1/s1. The Balaban J connectivity index is 1.64. The van der Waals surface area contributed by atoms with Gasteiger partial charge in [-0.15, -0.1) is 0 Å². The van der Waals surface area contributed by atoms with Gasteiger partial charge in [-0.3, -0.25) is 4.79 Å². The van der Waals surface area contributed by atoms with Crippen molar-refractivity contribution in [2.75, 3.05) is 13.7 Å². The van der Waals surface area contributed by atoms with E-state index < -0.39 is 6.10 Å². The van der Waals surface area contributed by atoms with Crippen molar-refractivity contribution in [1.29, 1.82) is 0 Å². The molecule has 0 aliphatic heterocycles. The van der Waals surface area contributed by atoms with Gasteiger partial charge >= 0.3 is 0 Å². The molecule has 0 fully saturated rings. The molecule has 0 unspecified atom stereocenters. The van der Waals surface area contributed by atoms with Crippen LogP contribution < -0.4 is 9.47 Å². The Morgan fingerprint density at radius 2 is 1.76 bits per heavy atom. The van der Waals surface area contributed by atoms with Gasteiger partial charge in [-0.05, 0) is 45.0 Å². The third-order valence-electron chi connectivity index (χ3n) is 4.52. The van der Waals surface area contributed by atoms with E-state index in [1.54, 1.807) is 43.2 Å². The average molecular weight is 395 g/mol. The van der Waals surface area contributed by atoms with Crippen LogP contribution in [0.25, 0.3) is 11.4 Å². The molecule has 0 aliphatic carbocycles. The number of ether oxygens (including phenoxy) is 2. The van der Waals surface area contributed by atoms with Crippen LogP contribution in [0.4, 0.5) is 0 Å². The molecule has 29 heavy (non-hydrogen) atoms. The Morgan fingerprint density at radius 3 is 2.38 bits per heavy atom. The molecular weight excluding hydrogens is 370 g/mol. The Kier molecular flexibility index (Phi) is 6.49. The maximum absolute atomic E-state index is 12.8. The van der Waals surface area contributed by atoms with E-state index in [0.29, 0.717) is 24.0 Å². The van der Waals surface area contributed by atoms with Gasteiger partial charge in [-0.2, -0.15) is 4.98 Å². The molecule has 0 aliphatic rings. The number of hydrogen-bond acceptors (Lipinski definition) is 6. The van der Waals surface area contributed by atoms with Gasteiger partial charge in [0.15, 0.2) is 6.10 Å². The first kappa shape index (κ1) is 20.4. The van der Waals surface area contributed by atoms with Crippen LogP contribution in [-0.2, 0) is 11.3 Å². The molecule has 0 saturated carbocycles. The molecule has 1 atom stereocenters. The number of carbonyl (C=O) groups is 1. The quantitative estimate of drug-likeness (QED) is 0.576. The predicted octanol–water partition coefficient (Wildman–Crippen LogP) is 3.87. The fraction of sp³-hybridized carbons (Fsp3) is 0.318. The smallest absolute Gasteiger partial charge is 0.263 e. The monoisotopic (exact) mass is 395 g/mol. The van der Waals surface area contributed by atoms with Crippen LogP contribution in [0.3, 0.4) is 0 Å². The molecule has 0 radical (unpaired) electrons. The lowest BCUT2D eigenvalue weighted by molar-refractivity contribution is -0.138. The topological polar surface area (TPSA) is 77.7 Å². The van der Waals surface area contributed by atoms with Crippen molar-refractivity contribution in [1.82, 2.24) is 15.0 Å². The number of nitrogens with zero attached hydrogens (tertiary/aromatic N) is 3. The summed E-state index contributed by atoms with van der Waals surface area (Å²) in [5, 5.41) is 4.02. The lowest BCUT2D eigenvalue weighted by atomic mass is 10.1. The Labute approximate surface area is 170 Å². The number of amides is 1. The number of aryl methyl sites for hydroxylation is 1. The molecule has 0 saturated heterocycles. The number of carbonyl (C=O) groups excluding carboxylic acids is 1. The van der Waals surface area contributed by atoms with Crippen molar-refractivity contribution in [3.8, 4) is 22.9 Å². The molecule has 0 N–H and O–H groups in total. The first-order valence-electron chi connectivity index (χ1n) is 9.49. The number of benzene rings is 2. The second-order valence-electron chi connectivity index (χ2n) is 6.67. The lowest BCUT2D eigenvalue weighted by Gasteiger charge is -2.23. The van der Waals surface area contributed by atoms with E-state index in [4.69, 9.17) is 14.0 Å². The highest BCUT2D eigenvalue weighted by molar-refractivity contribution is 5.80. The number of likely N-dealkylation sites (N-methyl/N-ethyl adjacent to an activating group) is 1. The van der Waals surface area contributed by atoms with Gasteiger partial charge in [-0.1, -0.05) is 35.0 Å². The number of rotatable bonds is 8. The van der Waals surface area contributed by atoms with Crippen molar-refractivity contribution in [3.63, 3.8) is 0 Å².